The van der Waals surface area contributed by atoms with Crippen LogP contribution in [0.25, 0.3) is 10.8 Å². The van der Waals surface area contributed by atoms with Crippen LogP contribution in [-0.4, -0.2) is 0 Å². The monoisotopic (exact) mass is 342 g/mol. The molecule has 0 saturated carbocycles. The first kappa shape index (κ1) is 20.6. The fourth-order valence-electron chi connectivity index (χ4n) is 1.35. The van der Waals surface area contributed by atoms with Gasteiger partial charge in [-0.15, -0.1) is 34.5 Å². The van der Waals surface area contributed by atoms with E-state index in [1.807, 2.05) is 0 Å². The zero-order valence-electron chi connectivity index (χ0n) is 9.76. The molecule has 2 aromatic carbocycles. The molecule has 0 aromatic heterocycles. The van der Waals surface area contributed by atoms with E-state index in [-0.39, 0.29) is 48.5 Å². The van der Waals surface area contributed by atoms with Crippen molar-refractivity contribution >= 4 is 26.7 Å². The molecule has 0 nitrogen and oxygen atoms in total. The van der Waals surface area contributed by atoms with E-state index in [0.717, 1.165) is 0 Å². The standard InChI is InChI=1S/C10H8Br.3CH3.Zr/c1-7-5-8-3-2-4-10(11)9(8)6-7;;;;/h2-6H,1H3;3*1H3;/q4*-1;+4. The van der Waals surface area contributed by atoms with Gasteiger partial charge in [-0.1, -0.05) is 28.9 Å². The van der Waals surface area contributed by atoms with Crippen molar-refractivity contribution in [2.45, 2.75) is 6.92 Å². The molecule has 80 valence electrons. The van der Waals surface area contributed by atoms with E-state index in [0.29, 0.717) is 0 Å². The number of hydrogen-bond donors (Lipinski definition) is 0. The van der Waals surface area contributed by atoms with Gasteiger partial charge in [-0.25, -0.2) is 0 Å². The summed E-state index contributed by atoms with van der Waals surface area (Å²) in [7, 11) is 0. The van der Waals surface area contributed by atoms with Gasteiger partial charge in [0.05, 0.1) is 0 Å². The molecule has 0 spiro atoms. The van der Waals surface area contributed by atoms with Gasteiger partial charge in [-0.2, -0.15) is 6.07 Å². The Balaban J connectivity index is -0.000000360. The number of fused-ring (bicyclic) bond motifs is 1. The van der Waals surface area contributed by atoms with Crippen LogP contribution in [0, 0.1) is 29.2 Å². The van der Waals surface area contributed by atoms with Crippen molar-refractivity contribution < 1.29 is 26.2 Å². The van der Waals surface area contributed by atoms with Gasteiger partial charge in [0.25, 0.3) is 0 Å². The van der Waals surface area contributed by atoms with E-state index in [9.17, 15) is 0 Å². The van der Waals surface area contributed by atoms with Crippen molar-refractivity contribution in [3.63, 3.8) is 0 Å². The molecule has 0 heterocycles. The second-order valence-corrected chi connectivity index (χ2v) is 3.63. The van der Waals surface area contributed by atoms with Crippen molar-refractivity contribution in [1.82, 2.24) is 0 Å². The normalized spacial score (nSPS) is 7.87. The maximum Gasteiger partial charge on any atom is 4.00 e. The molecule has 0 bridgehead atoms. The molecule has 0 fully saturated rings. The largest absolute Gasteiger partial charge is 4.00 e. The van der Waals surface area contributed by atoms with Crippen LogP contribution in [0.5, 0.6) is 0 Å². The smallest absolute Gasteiger partial charge is 0.358 e. The number of hydrogen-bond acceptors (Lipinski definition) is 0. The number of benzene rings is 1. The second-order valence-electron chi connectivity index (χ2n) is 2.78. The van der Waals surface area contributed by atoms with E-state index >= 15 is 0 Å². The fourth-order valence-corrected chi connectivity index (χ4v) is 1.84. The third-order valence-corrected chi connectivity index (χ3v) is 2.53. The molecule has 2 rings (SSSR count). The van der Waals surface area contributed by atoms with Crippen LogP contribution in [0.1, 0.15) is 5.56 Å². The summed E-state index contributed by atoms with van der Waals surface area (Å²) in [6.45, 7) is 2.12. The average molecular weight is 344 g/mol. The SMILES string of the molecule is Cc1cc2c(Br)cccc2[cH-]1.[CH3-].[CH3-].[CH3-].[Zr+4]. The van der Waals surface area contributed by atoms with Gasteiger partial charge < -0.3 is 22.3 Å². The van der Waals surface area contributed by atoms with Gasteiger partial charge in [0.2, 0.25) is 0 Å². The Labute approximate surface area is 122 Å². The average Bonchev–Trinajstić information content (AvgIpc) is 2.31. The van der Waals surface area contributed by atoms with Gasteiger partial charge >= 0.3 is 26.2 Å². The van der Waals surface area contributed by atoms with E-state index in [1.54, 1.807) is 0 Å². The molecule has 0 saturated heterocycles. The summed E-state index contributed by atoms with van der Waals surface area (Å²) in [5, 5.41) is 2.63. The second kappa shape index (κ2) is 8.36. The van der Waals surface area contributed by atoms with Crippen molar-refractivity contribution in [2.75, 3.05) is 0 Å². The van der Waals surface area contributed by atoms with Crippen molar-refractivity contribution in [3.8, 4) is 0 Å². The number of rotatable bonds is 0. The minimum Gasteiger partial charge on any atom is -0.358 e. The molecule has 0 atom stereocenters. The maximum atomic E-state index is 3.51. The van der Waals surface area contributed by atoms with Crippen LogP contribution in [0.2, 0.25) is 0 Å². The van der Waals surface area contributed by atoms with Crippen LogP contribution in [0.4, 0.5) is 0 Å². The molecular formula is C13H17BrZr. The zero-order valence-corrected chi connectivity index (χ0v) is 13.8. The molecule has 0 aliphatic rings. The van der Waals surface area contributed by atoms with Crippen LogP contribution in [0.3, 0.4) is 0 Å². The Bertz CT molecular complexity index is 390. The molecule has 0 N–H and O–H groups in total. The summed E-state index contributed by atoms with van der Waals surface area (Å²) in [6.07, 6.45) is 0. The minimum atomic E-state index is 0. The number of aryl methyl sites for hydroxylation is 1. The van der Waals surface area contributed by atoms with Crippen LogP contribution in [-0.2, 0) is 26.2 Å². The van der Waals surface area contributed by atoms with Crippen molar-refractivity contribution in [3.05, 3.63) is 62.6 Å². The number of halogens is 1. The molecule has 0 radical (unpaired) electrons. The Morgan fingerprint density at radius 2 is 1.73 bits per heavy atom. The van der Waals surface area contributed by atoms with Crippen LogP contribution in [0.15, 0.2) is 34.8 Å². The van der Waals surface area contributed by atoms with Gasteiger partial charge in [-0.05, 0) is 4.47 Å². The molecular weight excluding hydrogens is 327 g/mol. The molecule has 0 aliphatic carbocycles. The quantitative estimate of drug-likeness (QED) is 0.592. The van der Waals surface area contributed by atoms with E-state index in [1.165, 1.54) is 20.8 Å². The molecule has 0 amide bonds. The topological polar surface area (TPSA) is 0 Å². The summed E-state index contributed by atoms with van der Waals surface area (Å²) in [5.74, 6) is 0. The van der Waals surface area contributed by atoms with Gasteiger partial charge in [0, 0.05) is 0 Å². The molecule has 2 heteroatoms. The predicted octanol–water partition coefficient (Wildman–Crippen LogP) is 4.98. The van der Waals surface area contributed by atoms with Crippen LogP contribution < -0.4 is 0 Å². The van der Waals surface area contributed by atoms with Gasteiger partial charge in [0.15, 0.2) is 0 Å². The van der Waals surface area contributed by atoms with Crippen molar-refractivity contribution in [1.29, 1.82) is 0 Å². The zero-order chi connectivity index (χ0) is 7.84. The summed E-state index contributed by atoms with van der Waals surface area (Å²) < 4.78 is 1.18. The summed E-state index contributed by atoms with van der Waals surface area (Å²) >= 11 is 3.51. The fraction of sp³-hybridized carbons (Fsp3) is 0.0769. The maximum absolute atomic E-state index is 3.51. The first-order valence-corrected chi connectivity index (χ1v) is 4.38. The van der Waals surface area contributed by atoms with Crippen molar-refractivity contribution in [2.24, 2.45) is 0 Å². The first-order valence-electron chi connectivity index (χ1n) is 3.59. The van der Waals surface area contributed by atoms with E-state index < -0.39 is 0 Å². The first-order chi connectivity index (χ1) is 5.27. The third kappa shape index (κ3) is 4.28. The predicted molar refractivity (Wildman–Crippen MR) is 71.2 cm³/mol. The minimum absolute atomic E-state index is 0. The summed E-state index contributed by atoms with van der Waals surface area (Å²) in [5.41, 5.74) is 1.33. The molecule has 15 heavy (non-hydrogen) atoms. The Morgan fingerprint density at radius 3 is 2.27 bits per heavy atom. The Kier molecular flexibility index (Phi) is 11.5. The van der Waals surface area contributed by atoms with E-state index in [2.05, 4.69) is 53.2 Å². The molecule has 0 unspecified atom stereocenters. The van der Waals surface area contributed by atoms with E-state index in [4.69, 9.17) is 0 Å². The van der Waals surface area contributed by atoms with Gasteiger partial charge in [0.1, 0.15) is 0 Å². The summed E-state index contributed by atoms with van der Waals surface area (Å²) in [4.78, 5) is 0. The van der Waals surface area contributed by atoms with Gasteiger partial charge in [-0.3, -0.25) is 0 Å². The van der Waals surface area contributed by atoms with Crippen LogP contribution >= 0.6 is 15.9 Å². The summed E-state index contributed by atoms with van der Waals surface area (Å²) in [6, 6.07) is 10.7. The molecule has 2 aromatic rings. The third-order valence-electron chi connectivity index (χ3n) is 1.84. The Morgan fingerprint density at radius 1 is 1.13 bits per heavy atom. The Hall–Kier alpha value is 0.193. The molecule has 0 aliphatic heterocycles.